The molecule has 164 valence electrons. The van der Waals surface area contributed by atoms with E-state index in [0.717, 1.165) is 62.3 Å². The van der Waals surface area contributed by atoms with Gasteiger partial charge in [-0.2, -0.15) is 0 Å². The standard InChI is InChI=1S/C25H28N6O/c1-30-12-2-3-19-15-20(4-7-23(19)30)25(32)31-13-8-18(9-14-31)22-6-5-21(16-28-22)29-24-17-26-10-11-27-24/h4-7,10-11,15-18H,2-3,8-9,12-14H2,1H3,(H,27,29). The van der Waals surface area contributed by atoms with E-state index in [2.05, 4.69) is 50.4 Å². The number of fused-ring (bicyclic) bond motifs is 1. The first-order valence-electron chi connectivity index (χ1n) is 11.3. The first-order valence-corrected chi connectivity index (χ1v) is 11.3. The van der Waals surface area contributed by atoms with E-state index in [-0.39, 0.29) is 5.91 Å². The zero-order chi connectivity index (χ0) is 21.9. The van der Waals surface area contributed by atoms with Crippen LogP contribution in [-0.2, 0) is 6.42 Å². The fourth-order valence-electron chi connectivity index (χ4n) is 4.71. The maximum atomic E-state index is 13.1. The Morgan fingerprint density at radius 3 is 2.66 bits per heavy atom. The fraction of sp³-hybridized carbons (Fsp3) is 0.360. The van der Waals surface area contributed by atoms with Crippen molar-refractivity contribution in [2.75, 3.05) is 36.9 Å². The molecule has 0 spiro atoms. The average Bonchev–Trinajstić information content (AvgIpc) is 2.85. The minimum atomic E-state index is 0.149. The van der Waals surface area contributed by atoms with Gasteiger partial charge in [-0.05, 0) is 61.6 Å². The van der Waals surface area contributed by atoms with Gasteiger partial charge in [0.15, 0.2) is 0 Å². The molecule has 7 heteroatoms. The molecule has 7 nitrogen and oxygen atoms in total. The second kappa shape index (κ2) is 8.94. The Morgan fingerprint density at radius 2 is 1.91 bits per heavy atom. The normalized spacial score (nSPS) is 16.5. The van der Waals surface area contributed by atoms with Gasteiger partial charge in [-0.1, -0.05) is 0 Å². The highest BCUT2D eigenvalue weighted by molar-refractivity contribution is 5.95. The molecule has 3 aromatic rings. The smallest absolute Gasteiger partial charge is 0.253 e. The highest BCUT2D eigenvalue weighted by Crippen LogP contribution is 2.30. The monoisotopic (exact) mass is 428 g/mol. The first kappa shape index (κ1) is 20.4. The number of carbonyl (C=O) groups is 1. The van der Waals surface area contributed by atoms with Crippen molar-refractivity contribution in [2.24, 2.45) is 0 Å². The van der Waals surface area contributed by atoms with Crippen LogP contribution in [0.25, 0.3) is 0 Å². The zero-order valence-corrected chi connectivity index (χ0v) is 18.4. The molecule has 2 aliphatic rings. The fourth-order valence-corrected chi connectivity index (χ4v) is 4.71. The van der Waals surface area contributed by atoms with Crippen LogP contribution in [0.3, 0.4) is 0 Å². The summed E-state index contributed by atoms with van der Waals surface area (Å²) in [5.41, 5.74) is 5.34. The van der Waals surface area contributed by atoms with E-state index in [9.17, 15) is 4.79 Å². The molecule has 1 aromatic carbocycles. The number of amides is 1. The van der Waals surface area contributed by atoms with Gasteiger partial charge >= 0.3 is 0 Å². The second-order valence-electron chi connectivity index (χ2n) is 8.62. The topological polar surface area (TPSA) is 74.2 Å². The second-order valence-corrected chi connectivity index (χ2v) is 8.62. The molecule has 1 amide bonds. The maximum absolute atomic E-state index is 13.1. The van der Waals surface area contributed by atoms with Crippen LogP contribution in [0.5, 0.6) is 0 Å². The van der Waals surface area contributed by atoms with Crippen molar-refractivity contribution in [3.63, 3.8) is 0 Å². The molecule has 0 bridgehead atoms. The number of likely N-dealkylation sites (tertiary alicyclic amines) is 1. The van der Waals surface area contributed by atoms with Gasteiger partial charge in [-0.3, -0.25) is 14.8 Å². The molecule has 5 rings (SSSR count). The first-order chi connectivity index (χ1) is 15.7. The number of pyridine rings is 1. The van der Waals surface area contributed by atoms with Gasteiger partial charge in [0, 0.05) is 61.9 Å². The van der Waals surface area contributed by atoms with Crippen LogP contribution in [0.15, 0.2) is 55.1 Å². The maximum Gasteiger partial charge on any atom is 0.253 e. The van der Waals surface area contributed by atoms with Crippen LogP contribution in [0.2, 0.25) is 0 Å². The van der Waals surface area contributed by atoms with Crippen molar-refractivity contribution in [1.82, 2.24) is 19.9 Å². The van der Waals surface area contributed by atoms with Crippen LogP contribution in [0.1, 0.15) is 46.8 Å². The van der Waals surface area contributed by atoms with Crippen LogP contribution in [-0.4, -0.2) is 52.4 Å². The zero-order valence-electron chi connectivity index (χ0n) is 18.4. The Bertz CT molecular complexity index is 1080. The minimum absolute atomic E-state index is 0.149. The van der Waals surface area contributed by atoms with Crippen molar-refractivity contribution in [3.8, 4) is 0 Å². The molecule has 0 atom stereocenters. The number of benzene rings is 1. The number of nitrogens with zero attached hydrogens (tertiary/aromatic N) is 5. The molecule has 1 saturated heterocycles. The molecule has 32 heavy (non-hydrogen) atoms. The number of anilines is 3. The molecule has 2 aromatic heterocycles. The van der Waals surface area contributed by atoms with Crippen LogP contribution < -0.4 is 10.2 Å². The van der Waals surface area contributed by atoms with Crippen LogP contribution >= 0.6 is 0 Å². The van der Waals surface area contributed by atoms with E-state index in [1.165, 1.54) is 11.3 Å². The molecule has 4 heterocycles. The van der Waals surface area contributed by atoms with Gasteiger partial charge < -0.3 is 15.1 Å². The average molecular weight is 429 g/mol. The lowest BCUT2D eigenvalue weighted by atomic mass is 9.92. The Morgan fingerprint density at radius 1 is 1.03 bits per heavy atom. The lowest BCUT2D eigenvalue weighted by Gasteiger charge is -2.32. The lowest BCUT2D eigenvalue weighted by molar-refractivity contribution is 0.0712. The van der Waals surface area contributed by atoms with E-state index in [4.69, 9.17) is 0 Å². The van der Waals surface area contributed by atoms with E-state index in [0.29, 0.717) is 11.7 Å². The number of piperidine rings is 1. The van der Waals surface area contributed by atoms with E-state index in [1.807, 2.05) is 23.2 Å². The van der Waals surface area contributed by atoms with Gasteiger partial charge in [0.2, 0.25) is 0 Å². The van der Waals surface area contributed by atoms with Gasteiger partial charge in [0.25, 0.3) is 5.91 Å². The van der Waals surface area contributed by atoms with Gasteiger partial charge in [-0.25, -0.2) is 4.98 Å². The molecule has 0 radical (unpaired) electrons. The van der Waals surface area contributed by atoms with Gasteiger partial charge in [-0.15, -0.1) is 0 Å². The molecule has 1 fully saturated rings. The highest BCUT2D eigenvalue weighted by atomic mass is 16.2. The van der Waals surface area contributed by atoms with Crippen molar-refractivity contribution >= 4 is 23.1 Å². The molecule has 0 saturated carbocycles. The van der Waals surface area contributed by atoms with Crippen LogP contribution in [0, 0.1) is 0 Å². The third-order valence-corrected chi connectivity index (χ3v) is 6.50. The van der Waals surface area contributed by atoms with Crippen molar-refractivity contribution < 1.29 is 4.79 Å². The minimum Gasteiger partial charge on any atom is -0.374 e. The summed E-state index contributed by atoms with van der Waals surface area (Å²) in [4.78, 5) is 30.3. The Labute approximate surface area is 188 Å². The van der Waals surface area contributed by atoms with Gasteiger partial charge in [0.1, 0.15) is 5.82 Å². The molecule has 0 unspecified atom stereocenters. The summed E-state index contributed by atoms with van der Waals surface area (Å²) in [6.07, 6.45) is 10.9. The summed E-state index contributed by atoms with van der Waals surface area (Å²) in [5.74, 6) is 1.22. The van der Waals surface area contributed by atoms with Gasteiger partial charge in [0.05, 0.1) is 18.1 Å². The lowest BCUT2D eigenvalue weighted by Crippen LogP contribution is -2.38. The summed E-state index contributed by atoms with van der Waals surface area (Å²) in [6, 6.07) is 10.3. The molecular weight excluding hydrogens is 400 g/mol. The quantitative estimate of drug-likeness (QED) is 0.677. The largest absolute Gasteiger partial charge is 0.374 e. The third kappa shape index (κ3) is 4.28. The number of hydrogen-bond acceptors (Lipinski definition) is 6. The Balaban J connectivity index is 1.19. The summed E-state index contributed by atoms with van der Waals surface area (Å²) in [7, 11) is 2.12. The van der Waals surface area contributed by atoms with Crippen molar-refractivity contribution in [3.05, 3.63) is 71.9 Å². The SMILES string of the molecule is CN1CCCc2cc(C(=O)N3CCC(c4ccc(Nc5cnccn5)cn4)CC3)ccc21. The molecule has 1 N–H and O–H groups in total. The Kier molecular flexibility index (Phi) is 5.71. The summed E-state index contributed by atoms with van der Waals surface area (Å²) >= 11 is 0. The molecule has 0 aliphatic carbocycles. The number of aromatic nitrogens is 3. The van der Waals surface area contributed by atoms with Crippen molar-refractivity contribution in [2.45, 2.75) is 31.6 Å². The highest BCUT2D eigenvalue weighted by Gasteiger charge is 2.26. The number of nitrogens with one attached hydrogen (secondary N) is 1. The van der Waals surface area contributed by atoms with E-state index in [1.54, 1.807) is 18.6 Å². The molecular formula is C25H28N6O. The molecule has 2 aliphatic heterocycles. The number of hydrogen-bond donors (Lipinski definition) is 1. The predicted octanol–water partition coefficient (Wildman–Crippen LogP) is 4.02. The number of aryl methyl sites for hydroxylation is 1. The summed E-state index contributed by atoms with van der Waals surface area (Å²) < 4.78 is 0. The number of rotatable bonds is 4. The summed E-state index contributed by atoms with van der Waals surface area (Å²) in [5, 5.41) is 3.21. The third-order valence-electron chi connectivity index (χ3n) is 6.50. The Hall–Kier alpha value is -3.48. The predicted molar refractivity (Wildman–Crippen MR) is 125 cm³/mol. The van der Waals surface area contributed by atoms with E-state index < -0.39 is 0 Å². The van der Waals surface area contributed by atoms with Crippen molar-refractivity contribution in [1.29, 1.82) is 0 Å². The summed E-state index contributed by atoms with van der Waals surface area (Å²) in [6.45, 7) is 2.61. The number of carbonyl (C=O) groups excluding carboxylic acids is 1. The van der Waals surface area contributed by atoms with E-state index >= 15 is 0 Å². The van der Waals surface area contributed by atoms with Crippen LogP contribution in [0.4, 0.5) is 17.2 Å².